The summed E-state index contributed by atoms with van der Waals surface area (Å²) in [5.41, 5.74) is 3.64. The third-order valence-electron chi connectivity index (χ3n) is 6.46. The van der Waals surface area contributed by atoms with Crippen molar-refractivity contribution in [3.05, 3.63) is 142 Å². The molecule has 0 radical (unpaired) electrons. The number of fused-ring (bicyclic) bond motifs is 1. The quantitative estimate of drug-likeness (QED) is 0.0601. The van der Waals surface area contributed by atoms with Gasteiger partial charge >= 0.3 is 5.69 Å². The highest BCUT2D eigenvalue weighted by Gasteiger charge is 2.28. The molecule has 0 saturated carbocycles. The zero-order valence-corrected chi connectivity index (χ0v) is 22.3. The number of hydrogen-bond donors (Lipinski definition) is 0. The standard InChI is InChI=1S/C31H20N8O4/c40-31(21-17-19-23(20-18-21)39(42)43)37(22-9-2-1-3-10-22)29-16-7-6-13-26(29)34-32-24-11-4-5-12-25(24)33-35-27-14-8-15-28-30(27)38(41)36-28/h1-20H. The van der Waals surface area contributed by atoms with Crippen LogP contribution < -0.4 is 4.90 Å². The summed E-state index contributed by atoms with van der Waals surface area (Å²) in [6.45, 7) is 0. The van der Waals surface area contributed by atoms with Crippen LogP contribution in [0.4, 0.5) is 51.2 Å². The van der Waals surface area contributed by atoms with E-state index in [9.17, 15) is 20.1 Å². The lowest BCUT2D eigenvalue weighted by molar-refractivity contribution is -0.453. The first-order valence-electron chi connectivity index (χ1n) is 13.0. The molecule has 0 spiro atoms. The maximum atomic E-state index is 13.8. The minimum absolute atomic E-state index is 0.116. The second kappa shape index (κ2) is 11.6. The van der Waals surface area contributed by atoms with Gasteiger partial charge in [-0.3, -0.25) is 19.8 Å². The summed E-state index contributed by atoms with van der Waals surface area (Å²) >= 11 is 0. The number of anilines is 2. The molecule has 0 bridgehead atoms. The molecule has 0 aromatic heterocycles. The number of azo groups is 3. The maximum Gasteiger partial charge on any atom is 0.303 e. The first-order chi connectivity index (χ1) is 21.0. The minimum Gasteiger partial charge on any atom is -0.594 e. The van der Waals surface area contributed by atoms with Crippen LogP contribution >= 0.6 is 0 Å². The number of amides is 1. The van der Waals surface area contributed by atoms with Gasteiger partial charge in [-0.2, -0.15) is 0 Å². The van der Waals surface area contributed by atoms with Crippen LogP contribution in [-0.4, -0.2) is 15.7 Å². The summed E-state index contributed by atoms with van der Waals surface area (Å²) in [6, 6.07) is 33.5. The van der Waals surface area contributed by atoms with Crippen LogP contribution in [0.15, 0.2) is 147 Å². The van der Waals surface area contributed by atoms with Crippen molar-refractivity contribution in [3.63, 3.8) is 0 Å². The molecule has 1 heterocycles. The molecular weight excluding hydrogens is 548 g/mol. The Morgan fingerprint density at radius 1 is 0.674 bits per heavy atom. The van der Waals surface area contributed by atoms with Crippen LogP contribution in [0.1, 0.15) is 10.4 Å². The number of nitro benzene ring substituents is 1. The Kier molecular flexibility index (Phi) is 7.21. The Morgan fingerprint density at radius 3 is 1.88 bits per heavy atom. The second-order valence-corrected chi connectivity index (χ2v) is 9.18. The lowest BCUT2D eigenvalue weighted by Gasteiger charge is -2.24. The third kappa shape index (κ3) is 5.47. The van der Waals surface area contributed by atoms with E-state index < -0.39 is 10.8 Å². The van der Waals surface area contributed by atoms with Crippen molar-refractivity contribution in [3.8, 4) is 0 Å². The summed E-state index contributed by atoms with van der Waals surface area (Å²) in [5.74, 6) is -0.406. The highest BCUT2D eigenvalue weighted by atomic mass is 16.6. The van der Waals surface area contributed by atoms with E-state index >= 15 is 0 Å². The number of benzene rings is 5. The van der Waals surface area contributed by atoms with E-state index in [4.69, 9.17) is 0 Å². The SMILES string of the molecule is O=C(c1ccc([N+](=O)[O-])cc1)N(c1ccccc1)c1ccccc1N=Nc1ccccc1N=Nc1cccc2c1[N+]([O-])=N2. The molecule has 5 aromatic carbocycles. The van der Waals surface area contributed by atoms with E-state index in [2.05, 4.69) is 25.6 Å². The van der Waals surface area contributed by atoms with Crippen molar-refractivity contribution in [2.75, 3.05) is 4.90 Å². The number of nitro groups is 1. The first-order valence-corrected chi connectivity index (χ1v) is 13.0. The van der Waals surface area contributed by atoms with E-state index in [1.165, 1.54) is 29.2 Å². The molecule has 0 atom stereocenters. The van der Waals surface area contributed by atoms with Gasteiger partial charge < -0.3 is 5.21 Å². The van der Waals surface area contributed by atoms with Crippen LogP contribution in [0.3, 0.4) is 0 Å². The topological polar surface area (TPSA) is 151 Å². The largest absolute Gasteiger partial charge is 0.594 e. The zero-order chi connectivity index (χ0) is 29.8. The Morgan fingerprint density at radius 2 is 1.23 bits per heavy atom. The molecule has 12 heteroatoms. The maximum absolute atomic E-state index is 13.8. The van der Waals surface area contributed by atoms with Crippen molar-refractivity contribution in [2.24, 2.45) is 25.6 Å². The molecule has 0 saturated heterocycles. The van der Waals surface area contributed by atoms with Crippen LogP contribution in [0.2, 0.25) is 0 Å². The predicted molar refractivity (Wildman–Crippen MR) is 159 cm³/mol. The fourth-order valence-electron chi connectivity index (χ4n) is 4.36. The fraction of sp³-hybridized carbons (Fsp3) is 0. The van der Waals surface area contributed by atoms with E-state index in [1.54, 1.807) is 91.0 Å². The average Bonchev–Trinajstić information content (AvgIpc) is 3.03. The van der Waals surface area contributed by atoms with E-state index in [0.717, 1.165) is 0 Å². The van der Waals surface area contributed by atoms with E-state index in [1.807, 2.05) is 6.07 Å². The highest BCUT2D eigenvalue weighted by molar-refractivity contribution is 6.12. The lowest BCUT2D eigenvalue weighted by atomic mass is 10.1. The number of para-hydroxylation sites is 3. The summed E-state index contributed by atoms with van der Waals surface area (Å²) < 4.78 is 0. The van der Waals surface area contributed by atoms with Crippen molar-refractivity contribution in [1.82, 2.24) is 0 Å². The molecule has 6 rings (SSSR count). The fourth-order valence-corrected chi connectivity index (χ4v) is 4.36. The number of nitrogens with zero attached hydrogens (tertiary/aromatic N) is 8. The predicted octanol–water partition coefficient (Wildman–Crippen LogP) is 9.64. The van der Waals surface area contributed by atoms with Crippen molar-refractivity contribution < 1.29 is 14.6 Å². The third-order valence-corrected chi connectivity index (χ3v) is 6.46. The Bertz CT molecular complexity index is 1940. The number of carbonyl (C=O) groups is 1. The van der Waals surface area contributed by atoms with Gasteiger partial charge in [0, 0.05) is 28.5 Å². The summed E-state index contributed by atoms with van der Waals surface area (Å²) in [5, 5.41) is 44.1. The summed E-state index contributed by atoms with van der Waals surface area (Å²) in [7, 11) is 0. The average molecular weight is 569 g/mol. The van der Waals surface area contributed by atoms with Crippen LogP contribution in [0, 0.1) is 15.3 Å². The number of hydrogen-bond acceptors (Lipinski definition) is 9. The molecule has 0 unspecified atom stereocenters. The molecule has 208 valence electrons. The van der Waals surface area contributed by atoms with Gasteiger partial charge in [-0.25, -0.2) is 0 Å². The molecule has 5 aromatic rings. The van der Waals surface area contributed by atoms with Crippen LogP contribution in [0.5, 0.6) is 0 Å². The van der Waals surface area contributed by atoms with Gasteiger partial charge in [0.2, 0.25) is 5.69 Å². The number of carbonyl (C=O) groups excluding carboxylic acids is 1. The Balaban J connectivity index is 1.35. The molecule has 43 heavy (non-hydrogen) atoms. The molecule has 0 fully saturated rings. The van der Waals surface area contributed by atoms with Gasteiger partial charge in [0.05, 0.1) is 10.6 Å². The van der Waals surface area contributed by atoms with E-state index in [-0.39, 0.29) is 11.3 Å². The van der Waals surface area contributed by atoms with Gasteiger partial charge in [-0.05, 0) is 65.5 Å². The number of non-ortho nitro benzene ring substituents is 1. The van der Waals surface area contributed by atoms with Crippen LogP contribution in [-0.2, 0) is 0 Å². The lowest BCUT2D eigenvalue weighted by Crippen LogP contribution is -2.26. The summed E-state index contributed by atoms with van der Waals surface area (Å²) in [4.78, 5) is 26.4. The molecule has 0 N–H and O–H groups in total. The van der Waals surface area contributed by atoms with Gasteiger partial charge in [0.1, 0.15) is 17.1 Å². The van der Waals surface area contributed by atoms with Gasteiger partial charge in [0.15, 0.2) is 5.69 Å². The Labute approximate surface area is 244 Å². The molecular formula is C31H20N8O4. The molecule has 0 aliphatic carbocycles. The highest BCUT2D eigenvalue weighted by Crippen LogP contribution is 2.45. The van der Waals surface area contributed by atoms with Crippen molar-refractivity contribution >= 4 is 57.1 Å². The first kappa shape index (κ1) is 26.8. The molecule has 1 amide bonds. The van der Waals surface area contributed by atoms with Gasteiger partial charge in [-0.1, -0.05) is 48.5 Å². The van der Waals surface area contributed by atoms with E-state index in [0.29, 0.717) is 50.4 Å². The second-order valence-electron chi connectivity index (χ2n) is 9.18. The molecule has 1 aliphatic rings. The molecule has 12 nitrogen and oxygen atoms in total. The van der Waals surface area contributed by atoms with Gasteiger partial charge in [0.25, 0.3) is 11.6 Å². The number of rotatable bonds is 8. The smallest absolute Gasteiger partial charge is 0.303 e. The monoisotopic (exact) mass is 568 g/mol. The van der Waals surface area contributed by atoms with Crippen molar-refractivity contribution in [2.45, 2.75) is 0 Å². The zero-order valence-electron chi connectivity index (χ0n) is 22.3. The van der Waals surface area contributed by atoms with Crippen LogP contribution in [0.25, 0.3) is 0 Å². The molecule has 1 aliphatic heterocycles. The Hall–Kier alpha value is -6.43. The minimum atomic E-state index is -0.518. The normalized spacial score (nSPS) is 12.0. The van der Waals surface area contributed by atoms with Gasteiger partial charge in [-0.15, -0.1) is 20.5 Å². The summed E-state index contributed by atoms with van der Waals surface area (Å²) in [6.07, 6.45) is 0. The van der Waals surface area contributed by atoms with Crippen molar-refractivity contribution in [1.29, 1.82) is 0 Å².